The van der Waals surface area contributed by atoms with Crippen LogP contribution >= 0.6 is 0 Å². The average molecular weight is 219 g/mol. The number of nitrogens with two attached hydrogens (primary N) is 1. The van der Waals surface area contributed by atoms with Crippen molar-refractivity contribution in [3.05, 3.63) is 0 Å². The first-order valence-electron chi connectivity index (χ1n) is 4.06. The van der Waals surface area contributed by atoms with Crippen molar-refractivity contribution >= 4 is 18.1 Å². The molecule has 0 aromatic heterocycles. The van der Waals surface area contributed by atoms with Gasteiger partial charge >= 0.3 is 18.1 Å². The Morgan fingerprint density at radius 1 is 1.47 bits per heavy atom. The van der Waals surface area contributed by atoms with Crippen molar-refractivity contribution in [2.24, 2.45) is 5.73 Å². The highest BCUT2D eigenvalue weighted by atomic mass is 16.5. The third-order valence-electron chi connectivity index (χ3n) is 1.34. The minimum Gasteiger partial charge on any atom is -0.480 e. The van der Waals surface area contributed by atoms with Gasteiger partial charge < -0.3 is 25.8 Å². The number of primary amides is 1. The number of likely N-dealkylation sites (N-methyl/N-ethyl adjacent to an activating group) is 1. The second-order valence-corrected chi connectivity index (χ2v) is 2.65. The Labute approximate surface area is 86.0 Å². The standard InChI is InChI=1S/C7H13N3O5/c1-10(4-5(11)12)7(14)9-2-3-15-6(8)13/h2-4H2,1H3,(H2,8,13)(H,9,14)(H,11,12). The Kier molecular flexibility index (Phi) is 5.60. The monoisotopic (exact) mass is 219 g/mol. The molecule has 3 amide bonds. The Hall–Kier alpha value is -1.99. The first-order valence-corrected chi connectivity index (χ1v) is 4.06. The lowest BCUT2D eigenvalue weighted by molar-refractivity contribution is -0.137. The van der Waals surface area contributed by atoms with Crippen LogP contribution in [0, 0.1) is 0 Å². The number of ether oxygens (including phenoxy) is 1. The van der Waals surface area contributed by atoms with Crippen LogP contribution in [0.2, 0.25) is 0 Å². The number of amides is 3. The number of nitrogens with zero attached hydrogens (tertiary/aromatic N) is 1. The van der Waals surface area contributed by atoms with Crippen molar-refractivity contribution in [3.63, 3.8) is 0 Å². The number of carboxylic acids is 1. The smallest absolute Gasteiger partial charge is 0.404 e. The number of hydrogen-bond donors (Lipinski definition) is 3. The van der Waals surface area contributed by atoms with Gasteiger partial charge in [0.2, 0.25) is 0 Å². The molecular formula is C7H13N3O5. The largest absolute Gasteiger partial charge is 0.480 e. The van der Waals surface area contributed by atoms with Gasteiger partial charge in [0.05, 0.1) is 6.54 Å². The fourth-order valence-electron chi connectivity index (χ4n) is 0.719. The molecule has 0 heterocycles. The summed E-state index contributed by atoms with van der Waals surface area (Å²) < 4.78 is 4.34. The van der Waals surface area contributed by atoms with Crippen LogP contribution in [0.1, 0.15) is 0 Å². The summed E-state index contributed by atoms with van der Waals surface area (Å²) in [5.41, 5.74) is 4.67. The van der Waals surface area contributed by atoms with Gasteiger partial charge in [-0.2, -0.15) is 0 Å². The number of carbonyl (C=O) groups is 3. The highest BCUT2D eigenvalue weighted by molar-refractivity contribution is 5.79. The summed E-state index contributed by atoms with van der Waals surface area (Å²) in [7, 11) is 1.33. The molecule has 8 heteroatoms. The summed E-state index contributed by atoms with van der Waals surface area (Å²) in [5.74, 6) is -1.11. The van der Waals surface area contributed by atoms with Crippen molar-refractivity contribution in [2.75, 3.05) is 26.7 Å². The van der Waals surface area contributed by atoms with Crippen LogP contribution in [-0.4, -0.2) is 54.8 Å². The summed E-state index contributed by atoms with van der Waals surface area (Å²) in [6.07, 6.45) is -0.928. The van der Waals surface area contributed by atoms with E-state index in [0.717, 1.165) is 4.90 Å². The van der Waals surface area contributed by atoms with E-state index in [9.17, 15) is 14.4 Å². The molecule has 0 saturated carbocycles. The predicted molar refractivity (Wildman–Crippen MR) is 49.2 cm³/mol. The van der Waals surface area contributed by atoms with Gasteiger partial charge in [-0.15, -0.1) is 0 Å². The number of carbonyl (C=O) groups excluding carboxylic acids is 2. The highest BCUT2D eigenvalue weighted by Gasteiger charge is 2.10. The van der Waals surface area contributed by atoms with Crippen LogP contribution in [0.3, 0.4) is 0 Å². The molecule has 4 N–H and O–H groups in total. The molecular weight excluding hydrogens is 206 g/mol. The van der Waals surface area contributed by atoms with E-state index in [0.29, 0.717) is 0 Å². The van der Waals surface area contributed by atoms with Gasteiger partial charge in [0, 0.05) is 7.05 Å². The quantitative estimate of drug-likeness (QED) is 0.502. The molecule has 0 aromatic rings. The number of rotatable bonds is 5. The number of hydrogen-bond acceptors (Lipinski definition) is 4. The minimum absolute atomic E-state index is 0.0536. The van der Waals surface area contributed by atoms with E-state index < -0.39 is 24.6 Å². The molecule has 15 heavy (non-hydrogen) atoms. The average Bonchev–Trinajstić information content (AvgIpc) is 2.10. The van der Waals surface area contributed by atoms with Crippen LogP contribution in [0.25, 0.3) is 0 Å². The molecule has 0 rings (SSSR count). The molecule has 0 saturated heterocycles. The predicted octanol–water partition coefficient (Wildman–Crippen LogP) is -1.19. The van der Waals surface area contributed by atoms with Crippen molar-refractivity contribution in [3.8, 4) is 0 Å². The minimum atomic E-state index is -1.11. The molecule has 0 unspecified atom stereocenters. The normalized spacial score (nSPS) is 9.13. The van der Waals surface area contributed by atoms with E-state index in [-0.39, 0.29) is 13.2 Å². The van der Waals surface area contributed by atoms with E-state index in [4.69, 9.17) is 5.11 Å². The fraction of sp³-hybridized carbons (Fsp3) is 0.571. The lowest BCUT2D eigenvalue weighted by atomic mass is 10.5. The zero-order chi connectivity index (χ0) is 11.8. The van der Waals surface area contributed by atoms with Crippen LogP contribution in [0.5, 0.6) is 0 Å². The molecule has 0 aliphatic rings. The van der Waals surface area contributed by atoms with Gasteiger partial charge in [0.1, 0.15) is 13.2 Å². The maximum absolute atomic E-state index is 11.1. The van der Waals surface area contributed by atoms with Crippen LogP contribution < -0.4 is 11.1 Å². The van der Waals surface area contributed by atoms with Crippen LogP contribution in [0.4, 0.5) is 9.59 Å². The Balaban J connectivity index is 3.64. The molecule has 0 bridgehead atoms. The van der Waals surface area contributed by atoms with E-state index >= 15 is 0 Å². The fourth-order valence-corrected chi connectivity index (χ4v) is 0.719. The van der Waals surface area contributed by atoms with Gasteiger partial charge in [0.25, 0.3) is 0 Å². The first-order chi connectivity index (χ1) is 6.93. The lowest BCUT2D eigenvalue weighted by Gasteiger charge is -2.15. The number of urea groups is 1. The molecule has 0 fully saturated rings. The maximum atomic E-state index is 11.1. The third kappa shape index (κ3) is 7.11. The molecule has 0 aromatic carbocycles. The van der Waals surface area contributed by atoms with E-state index in [1.807, 2.05) is 0 Å². The molecule has 86 valence electrons. The molecule has 0 aliphatic heterocycles. The first kappa shape index (κ1) is 13.0. The van der Waals surface area contributed by atoms with Gasteiger partial charge in [-0.3, -0.25) is 4.79 Å². The second-order valence-electron chi connectivity index (χ2n) is 2.65. The zero-order valence-corrected chi connectivity index (χ0v) is 8.23. The van der Waals surface area contributed by atoms with Gasteiger partial charge in [0.15, 0.2) is 0 Å². The Morgan fingerprint density at radius 2 is 2.07 bits per heavy atom. The van der Waals surface area contributed by atoms with Gasteiger partial charge in [-0.1, -0.05) is 0 Å². The summed E-state index contributed by atoms with van der Waals surface area (Å²) in [6, 6.07) is -0.564. The maximum Gasteiger partial charge on any atom is 0.404 e. The molecule has 0 atom stereocenters. The molecule has 0 spiro atoms. The number of aliphatic carboxylic acids is 1. The van der Waals surface area contributed by atoms with Gasteiger partial charge in [-0.05, 0) is 0 Å². The molecule has 8 nitrogen and oxygen atoms in total. The van der Waals surface area contributed by atoms with Gasteiger partial charge in [-0.25, -0.2) is 9.59 Å². The lowest BCUT2D eigenvalue weighted by Crippen LogP contribution is -2.41. The Morgan fingerprint density at radius 3 is 2.53 bits per heavy atom. The van der Waals surface area contributed by atoms with E-state index in [1.54, 1.807) is 0 Å². The molecule has 0 radical (unpaired) electrons. The van der Waals surface area contributed by atoms with E-state index in [1.165, 1.54) is 7.05 Å². The van der Waals surface area contributed by atoms with Crippen molar-refractivity contribution in [2.45, 2.75) is 0 Å². The van der Waals surface area contributed by atoms with Crippen molar-refractivity contribution < 1.29 is 24.2 Å². The highest BCUT2D eigenvalue weighted by Crippen LogP contribution is 1.83. The van der Waals surface area contributed by atoms with E-state index in [2.05, 4.69) is 15.8 Å². The zero-order valence-electron chi connectivity index (χ0n) is 8.23. The van der Waals surface area contributed by atoms with Crippen molar-refractivity contribution in [1.82, 2.24) is 10.2 Å². The van der Waals surface area contributed by atoms with Crippen LogP contribution in [-0.2, 0) is 9.53 Å². The summed E-state index contributed by atoms with van der Waals surface area (Å²) in [4.78, 5) is 32.4. The summed E-state index contributed by atoms with van der Waals surface area (Å²) in [6.45, 7) is -0.379. The van der Waals surface area contributed by atoms with Crippen molar-refractivity contribution in [1.29, 1.82) is 0 Å². The van der Waals surface area contributed by atoms with Crippen LogP contribution in [0.15, 0.2) is 0 Å². The SMILES string of the molecule is CN(CC(=O)O)C(=O)NCCOC(N)=O. The Bertz CT molecular complexity index is 255. The molecule has 0 aliphatic carbocycles. The topological polar surface area (TPSA) is 122 Å². The number of carboxylic acid groups (broad SMARTS) is 1. The summed E-state index contributed by atoms with van der Waals surface area (Å²) in [5, 5.41) is 10.7. The summed E-state index contributed by atoms with van der Waals surface area (Å²) >= 11 is 0. The third-order valence-corrected chi connectivity index (χ3v) is 1.34. The number of nitrogens with one attached hydrogen (secondary N) is 1. The second kappa shape index (κ2) is 6.46.